The number of benzene rings is 1. The molecule has 0 spiro atoms. The van der Waals surface area contributed by atoms with Crippen molar-refractivity contribution in [1.82, 2.24) is 0 Å². The maximum absolute atomic E-state index is 12.3. The quantitative estimate of drug-likeness (QED) is 0.0582. The van der Waals surface area contributed by atoms with Gasteiger partial charge in [-0.15, -0.1) is 0 Å². The number of carbonyl (C=O) groups excluding carboxylic acids is 1. The number of likely N-dealkylation sites (N-methyl/N-ethyl adjacent to an activating group) is 1. The fraction of sp³-hybridized carbons (Fsp3) is 0.788. The first-order chi connectivity index (χ1) is 19.5. The van der Waals surface area contributed by atoms with Crippen molar-refractivity contribution < 1.29 is 32.5 Å². The van der Waals surface area contributed by atoms with Crippen LogP contribution >= 0.6 is 7.82 Å². The largest absolute Gasteiger partial charge is 0.756 e. The van der Waals surface area contributed by atoms with Crippen LogP contribution in [0.15, 0.2) is 24.3 Å². The normalized spacial score (nSPS) is 14.1. The number of carbonyl (C=O) groups is 1. The van der Waals surface area contributed by atoms with Crippen molar-refractivity contribution in [2.45, 2.75) is 117 Å². The Kier molecular flexibility index (Phi) is 20.6. The first-order valence-corrected chi connectivity index (χ1v) is 17.6. The van der Waals surface area contributed by atoms with Gasteiger partial charge < -0.3 is 23.2 Å². The summed E-state index contributed by atoms with van der Waals surface area (Å²) in [5.41, 5.74) is 1.20. The smallest absolute Gasteiger partial charge is 0.268 e. The number of aryl methyl sites for hydroxylation is 1. The molecule has 0 fully saturated rings. The van der Waals surface area contributed by atoms with Crippen molar-refractivity contribution in [3.05, 3.63) is 29.8 Å². The molecular weight excluding hydrogens is 537 g/mol. The Labute approximate surface area is 251 Å². The number of rotatable bonds is 27. The summed E-state index contributed by atoms with van der Waals surface area (Å²) in [4.78, 5) is 24.5. The molecule has 2 atom stereocenters. The third-order valence-corrected chi connectivity index (χ3v) is 8.26. The van der Waals surface area contributed by atoms with Gasteiger partial charge in [0.2, 0.25) is 0 Å². The van der Waals surface area contributed by atoms with Gasteiger partial charge in [0.05, 0.1) is 34.4 Å². The lowest BCUT2D eigenvalue weighted by molar-refractivity contribution is -0.870. The Bertz CT molecular complexity index is 839. The van der Waals surface area contributed by atoms with Gasteiger partial charge >= 0.3 is 0 Å². The molecule has 1 rings (SSSR count). The van der Waals surface area contributed by atoms with Crippen LogP contribution < -0.4 is 9.63 Å². The third-order valence-electron chi connectivity index (χ3n) is 7.29. The van der Waals surface area contributed by atoms with Gasteiger partial charge in [0.15, 0.2) is 0 Å². The fourth-order valence-corrected chi connectivity index (χ4v) is 5.51. The number of nitrogens with zero attached hydrogens (tertiary/aromatic N) is 1. The molecule has 0 radical (unpaired) electrons. The van der Waals surface area contributed by atoms with E-state index in [0.717, 1.165) is 38.0 Å². The van der Waals surface area contributed by atoms with Crippen LogP contribution in [-0.4, -0.2) is 57.8 Å². The number of unbranched alkanes of at least 4 members (excludes halogenated alkanes) is 9. The zero-order valence-electron chi connectivity index (χ0n) is 26.9. The van der Waals surface area contributed by atoms with Gasteiger partial charge in [0.25, 0.3) is 7.82 Å². The molecule has 1 aromatic rings. The van der Waals surface area contributed by atoms with E-state index in [-0.39, 0.29) is 24.9 Å². The Hall–Kier alpha value is -1.24. The maximum Gasteiger partial charge on any atom is 0.268 e. The molecule has 0 bridgehead atoms. The van der Waals surface area contributed by atoms with Crippen LogP contribution in [0.4, 0.5) is 0 Å². The number of Topliss-reactive ketones (excluding diaryl/α,β-unsaturated/α-hetero) is 1. The predicted molar refractivity (Wildman–Crippen MR) is 167 cm³/mol. The van der Waals surface area contributed by atoms with Crippen LogP contribution in [0.25, 0.3) is 0 Å². The minimum Gasteiger partial charge on any atom is -0.756 e. The van der Waals surface area contributed by atoms with Gasteiger partial charge in [-0.25, -0.2) is 0 Å². The van der Waals surface area contributed by atoms with Gasteiger partial charge in [-0.05, 0) is 55.7 Å². The third kappa shape index (κ3) is 22.0. The van der Waals surface area contributed by atoms with Crippen LogP contribution in [0.1, 0.15) is 116 Å². The SMILES string of the molecule is CCCCCCCCCCCCOc1ccc(CCCC(COP(=O)([O-])OCC[N+](C)(C)C)CC(=O)CCC)cc1. The van der Waals surface area contributed by atoms with Crippen LogP contribution in [0, 0.1) is 5.92 Å². The fourth-order valence-electron chi connectivity index (χ4n) is 4.73. The van der Waals surface area contributed by atoms with E-state index in [0.29, 0.717) is 30.3 Å². The van der Waals surface area contributed by atoms with Crippen LogP contribution in [0.5, 0.6) is 5.75 Å². The van der Waals surface area contributed by atoms with Gasteiger partial charge in [0.1, 0.15) is 24.7 Å². The standard InChI is InChI=1S/C33H60NO6P/c1-6-8-9-10-11-12-13-14-15-16-26-38-33-23-21-30(22-24-33)19-17-20-31(28-32(35)18-7-2)29-40-41(36,37)39-27-25-34(3,4)5/h21-24,31H,6-20,25-29H2,1-5H3. The molecule has 0 aliphatic heterocycles. The van der Waals surface area contributed by atoms with Gasteiger partial charge in [-0.1, -0.05) is 83.8 Å². The molecule has 7 nitrogen and oxygen atoms in total. The molecule has 0 amide bonds. The molecule has 2 unspecified atom stereocenters. The number of quaternary nitrogens is 1. The lowest BCUT2D eigenvalue weighted by Crippen LogP contribution is -2.37. The number of hydrogen-bond donors (Lipinski definition) is 0. The average molecular weight is 598 g/mol. The van der Waals surface area contributed by atoms with E-state index >= 15 is 0 Å². The van der Waals surface area contributed by atoms with Crippen LogP contribution in [-0.2, 0) is 24.8 Å². The highest BCUT2D eigenvalue weighted by atomic mass is 31.2. The van der Waals surface area contributed by atoms with Crippen molar-refractivity contribution in [3.8, 4) is 5.75 Å². The average Bonchev–Trinajstić information content (AvgIpc) is 2.90. The molecule has 238 valence electrons. The lowest BCUT2D eigenvalue weighted by atomic mass is 9.94. The summed E-state index contributed by atoms with van der Waals surface area (Å²) < 4.78 is 29.0. The second kappa shape index (κ2) is 22.3. The highest BCUT2D eigenvalue weighted by Crippen LogP contribution is 2.39. The van der Waals surface area contributed by atoms with E-state index in [1.807, 2.05) is 40.2 Å². The maximum atomic E-state index is 12.3. The summed E-state index contributed by atoms with van der Waals surface area (Å²) in [6.45, 7) is 5.59. The molecule has 0 aliphatic carbocycles. The predicted octanol–water partition coefficient (Wildman–Crippen LogP) is 7.89. The Morgan fingerprint density at radius 1 is 0.829 bits per heavy atom. The van der Waals surface area contributed by atoms with E-state index < -0.39 is 7.82 Å². The highest BCUT2D eigenvalue weighted by Gasteiger charge is 2.19. The summed E-state index contributed by atoms with van der Waals surface area (Å²) in [5, 5.41) is 0. The molecule has 0 aromatic heterocycles. The molecule has 0 saturated carbocycles. The molecule has 41 heavy (non-hydrogen) atoms. The van der Waals surface area contributed by atoms with E-state index in [4.69, 9.17) is 13.8 Å². The second-order valence-electron chi connectivity index (χ2n) is 12.5. The monoisotopic (exact) mass is 597 g/mol. The lowest BCUT2D eigenvalue weighted by Gasteiger charge is -2.28. The van der Waals surface area contributed by atoms with Crippen LogP contribution in [0.2, 0.25) is 0 Å². The molecule has 0 saturated heterocycles. The van der Waals surface area contributed by atoms with Crippen LogP contribution in [0.3, 0.4) is 0 Å². The first-order valence-electron chi connectivity index (χ1n) is 16.2. The molecule has 0 heterocycles. The zero-order valence-corrected chi connectivity index (χ0v) is 27.8. The molecular formula is C33H60NO6P. The van der Waals surface area contributed by atoms with Gasteiger partial charge in [0, 0.05) is 12.8 Å². The van der Waals surface area contributed by atoms with E-state index in [2.05, 4.69) is 19.1 Å². The summed E-state index contributed by atoms with van der Waals surface area (Å²) >= 11 is 0. The van der Waals surface area contributed by atoms with E-state index in [1.165, 1.54) is 63.4 Å². The van der Waals surface area contributed by atoms with E-state index in [1.54, 1.807) is 0 Å². The minimum atomic E-state index is -4.40. The first kappa shape index (κ1) is 37.8. The minimum absolute atomic E-state index is 0.0215. The van der Waals surface area contributed by atoms with Gasteiger partial charge in [-0.3, -0.25) is 9.36 Å². The van der Waals surface area contributed by atoms with Crippen molar-refractivity contribution in [1.29, 1.82) is 0 Å². The Morgan fingerprint density at radius 2 is 1.44 bits per heavy atom. The molecule has 0 N–H and O–H groups in total. The summed E-state index contributed by atoms with van der Waals surface area (Å²) in [5.74, 6) is 0.899. The molecule has 0 aliphatic rings. The number of ether oxygens (including phenoxy) is 1. The molecule has 8 heteroatoms. The van der Waals surface area contributed by atoms with Gasteiger partial charge in [-0.2, -0.15) is 0 Å². The number of phosphoric ester groups is 1. The van der Waals surface area contributed by atoms with Crippen molar-refractivity contribution >= 4 is 13.6 Å². The second-order valence-corrected chi connectivity index (χ2v) is 13.9. The summed E-state index contributed by atoms with van der Waals surface area (Å²) in [6, 6.07) is 8.24. The van der Waals surface area contributed by atoms with Crippen molar-refractivity contribution in [3.63, 3.8) is 0 Å². The number of ketones is 1. The summed E-state index contributed by atoms with van der Waals surface area (Å²) in [6.07, 6.45) is 17.2. The number of hydrogen-bond acceptors (Lipinski definition) is 6. The zero-order chi connectivity index (χ0) is 30.4. The topological polar surface area (TPSA) is 84.9 Å². The van der Waals surface area contributed by atoms with Crippen molar-refractivity contribution in [2.24, 2.45) is 5.92 Å². The molecule has 1 aromatic carbocycles. The Morgan fingerprint density at radius 3 is 2.02 bits per heavy atom. The van der Waals surface area contributed by atoms with E-state index in [9.17, 15) is 14.3 Å². The Balaban J connectivity index is 2.34. The summed E-state index contributed by atoms with van der Waals surface area (Å²) in [7, 11) is 1.51. The van der Waals surface area contributed by atoms with Crippen molar-refractivity contribution in [2.75, 3.05) is 47.5 Å². The number of phosphoric acid groups is 1. The highest BCUT2D eigenvalue weighted by molar-refractivity contribution is 7.45.